The maximum Gasteiger partial charge on any atom is 0.253 e. The standard InChI is InChI=1S/C15H14N4O/c1-19(10-11-5-3-2-4-6-11)15(20)12-7-8-13-14(9-12)17-18-16-13/h2-9H,10H2,1H3,(H,16,17,18). The summed E-state index contributed by atoms with van der Waals surface area (Å²) in [7, 11) is 1.79. The Morgan fingerprint density at radius 3 is 2.80 bits per heavy atom. The van der Waals surface area contributed by atoms with E-state index in [9.17, 15) is 4.79 Å². The lowest BCUT2D eigenvalue weighted by Gasteiger charge is -2.17. The summed E-state index contributed by atoms with van der Waals surface area (Å²) in [5.41, 5.74) is 3.24. The number of hydrogen-bond acceptors (Lipinski definition) is 3. The van der Waals surface area contributed by atoms with E-state index in [0.717, 1.165) is 11.1 Å². The number of aromatic nitrogens is 3. The largest absolute Gasteiger partial charge is 0.337 e. The average Bonchev–Trinajstić information content (AvgIpc) is 2.94. The Bertz CT molecular complexity index is 736. The smallest absolute Gasteiger partial charge is 0.253 e. The van der Waals surface area contributed by atoms with Crippen molar-refractivity contribution in [3.63, 3.8) is 0 Å². The number of hydrogen-bond donors (Lipinski definition) is 1. The minimum atomic E-state index is -0.0289. The number of carbonyl (C=O) groups excluding carboxylic acids is 1. The van der Waals surface area contributed by atoms with Gasteiger partial charge in [-0.05, 0) is 23.8 Å². The van der Waals surface area contributed by atoms with Crippen LogP contribution < -0.4 is 0 Å². The van der Waals surface area contributed by atoms with E-state index >= 15 is 0 Å². The van der Waals surface area contributed by atoms with E-state index < -0.39 is 0 Å². The van der Waals surface area contributed by atoms with E-state index in [4.69, 9.17) is 0 Å². The maximum absolute atomic E-state index is 12.4. The fraction of sp³-hybridized carbons (Fsp3) is 0.133. The van der Waals surface area contributed by atoms with Crippen molar-refractivity contribution in [2.75, 3.05) is 7.05 Å². The van der Waals surface area contributed by atoms with E-state index in [-0.39, 0.29) is 5.91 Å². The molecule has 5 nitrogen and oxygen atoms in total. The van der Waals surface area contributed by atoms with Gasteiger partial charge < -0.3 is 4.90 Å². The van der Waals surface area contributed by atoms with Crippen LogP contribution in [-0.4, -0.2) is 33.3 Å². The van der Waals surface area contributed by atoms with Gasteiger partial charge in [-0.1, -0.05) is 35.5 Å². The molecule has 0 unspecified atom stereocenters. The van der Waals surface area contributed by atoms with Gasteiger partial charge >= 0.3 is 0 Å². The Morgan fingerprint density at radius 1 is 1.20 bits per heavy atom. The lowest BCUT2D eigenvalue weighted by atomic mass is 10.1. The molecule has 0 saturated carbocycles. The van der Waals surface area contributed by atoms with Crippen molar-refractivity contribution in [2.45, 2.75) is 6.54 Å². The predicted molar refractivity (Wildman–Crippen MR) is 76.1 cm³/mol. The fourth-order valence-corrected chi connectivity index (χ4v) is 2.12. The van der Waals surface area contributed by atoms with Crippen molar-refractivity contribution < 1.29 is 4.79 Å². The molecule has 0 aliphatic heterocycles. The minimum Gasteiger partial charge on any atom is -0.337 e. The number of H-pyrrole nitrogens is 1. The van der Waals surface area contributed by atoms with Crippen LogP contribution in [0.4, 0.5) is 0 Å². The lowest BCUT2D eigenvalue weighted by molar-refractivity contribution is 0.0785. The number of rotatable bonds is 3. The van der Waals surface area contributed by atoms with Crippen molar-refractivity contribution in [1.29, 1.82) is 0 Å². The third kappa shape index (κ3) is 2.38. The average molecular weight is 266 g/mol. The van der Waals surface area contributed by atoms with Gasteiger partial charge in [0.05, 0.1) is 5.52 Å². The highest BCUT2D eigenvalue weighted by Crippen LogP contribution is 2.13. The summed E-state index contributed by atoms with van der Waals surface area (Å²) in [5, 5.41) is 10.4. The zero-order valence-electron chi connectivity index (χ0n) is 11.1. The van der Waals surface area contributed by atoms with Crippen molar-refractivity contribution in [2.24, 2.45) is 0 Å². The molecule has 100 valence electrons. The van der Waals surface area contributed by atoms with Gasteiger partial charge in [-0.25, -0.2) is 0 Å². The minimum absolute atomic E-state index is 0.0289. The van der Waals surface area contributed by atoms with Gasteiger partial charge in [0.1, 0.15) is 5.52 Å². The van der Waals surface area contributed by atoms with Crippen LogP contribution in [0, 0.1) is 0 Å². The first-order chi connectivity index (χ1) is 9.74. The van der Waals surface area contributed by atoms with Gasteiger partial charge in [0.15, 0.2) is 0 Å². The number of aromatic amines is 1. The molecule has 1 heterocycles. The summed E-state index contributed by atoms with van der Waals surface area (Å²) >= 11 is 0. The molecular weight excluding hydrogens is 252 g/mol. The molecule has 1 amide bonds. The van der Waals surface area contributed by atoms with Crippen molar-refractivity contribution in [1.82, 2.24) is 20.3 Å². The normalized spacial score (nSPS) is 10.7. The van der Waals surface area contributed by atoms with Crippen LogP contribution in [0.25, 0.3) is 11.0 Å². The summed E-state index contributed by atoms with van der Waals surface area (Å²) in [6.07, 6.45) is 0. The quantitative estimate of drug-likeness (QED) is 0.790. The lowest BCUT2D eigenvalue weighted by Crippen LogP contribution is -2.26. The number of carbonyl (C=O) groups is 1. The highest BCUT2D eigenvalue weighted by Gasteiger charge is 2.13. The first-order valence-electron chi connectivity index (χ1n) is 6.34. The first-order valence-corrected chi connectivity index (χ1v) is 6.34. The molecule has 0 atom stereocenters. The SMILES string of the molecule is CN(Cc1ccccc1)C(=O)c1ccc2[nH]nnc2c1. The molecule has 0 fully saturated rings. The summed E-state index contributed by atoms with van der Waals surface area (Å²) in [6.45, 7) is 0.580. The second-order valence-electron chi connectivity index (χ2n) is 4.69. The second-order valence-corrected chi connectivity index (χ2v) is 4.69. The monoisotopic (exact) mass is 266 g/mol. The highest BCUT2D eigenvalue weighted by atomic mass is 16.2. The Hall–Kier alpha value is -2.69. The third-order valence-corrected chi connectivity index (χ3v) is 3.18. The van der Waals surface area contributed by atoms with Crippen molar-refractivity contribution in [3.05, 3.63) is 59.7 Å². The molecule has 0 spiro atoms. The van der Waals surface area contributed by atoms with Gasteiger partial charge in [0.25, 0.3) is 5.91 Å². The molecule has 0 bridgehead atoms. The molecule has 3 rings (SSSR count). The van der Waals surface area contributed by atoms with Crippen LogP contribution in [0.1, 0.15) is 15.9 Å². The topological polar surface area (TPSA) is 61.9 Å². The van der Waals surface area contributed by atoms with E-state index in [0.29, 0.717) is 17.6 Å². The van der Waals surface area contributed by atoms with Crippen molar-refractivity contribution >= 4 is 16.9 Å². The van der Waals surface area contributed by atoms with Crippen LogP contribution in [0.5, 0.6) is 0 Å². The first kappa shape index (κ1) is 12.3. The molecule has 5 heteroatoms. The number of fused-ring (bicyclic) bond motifs is 1. The maximum atomic E-state index is 12.4. The molecule has 0 aliphatic carbocycles. The van der Waals surface area contributed by atoms with Crippen LogP contribution in [0.2, 0.25) is 0 Å². The van der Waals surface area contributed by atoms with E-state index in [2.05, 4.69) is 15.4 Å². The van der Waals surface area contributed by atoms with E-state index in [1.165, 1.54) is 0 Å². The van der Waals surface area contributed by atoms with Crippen LogP contribution in [-0.2, 0) is 6.54 Å². The molecule has 2 aromatic carbocycles. The number of benzene rings is 2. The Kier molecular flexibility index (Phi) is 3.16. The van der Waals surface area contributed by atoms with Gasteiger partial charge in [-0.15, -0.1) is 5.10 Å². The number of amides is 1. The number of nitrogens with one attached hydrogen (secondary N) is 1. The Labute approximate surface area is 116 Å². The molecule has 1 N–H and O–H groups in total. The third-order valence-electron chi connectivity index (χ3n) is 3.18. The molecule has 1 aromatic heterocycles. The molecule has 0 radical (unpaired) electrons. The van der Waals surface area contributed by atoms with E-state index in [1.54, 1.807) is 24.1 Å². The highest BCUT2D eigenvalue weighted by molar-refractivity contribution is 5.97. The Balaban J connectivity index is 1.80. The summed E-state index contributed by atoms with van der Waals surface area (Å²) < 4.78 is 0. The fourth-order valence-electron chi connectivity index (χ4n) is 2.12. The van der Waals surface area contributed by atoms with Crippen LogP contribution in [0.15, 0.2) is 48.5 Å². The number of nitrogens with zero attached hydrogens (tertiary/aromatic N) is 3. The van der Waals surface area contributed by atoms with Gasteiger partial charge in [0.2, 0.25) is 0 Å². The summed E-state index contributed by atoms with van der Waals surface area (Å²) in [5.74, 6) is -0.0289. The molecule has 3 aromatic rings. The molecule has 0 aliphatic rings. The zero-order valence-corrected chi connectivity index (χ0v) is 11.1. The summed E-state index contributed by atoms with van der Waals surface area (Å²) in [6, 6.07) is 15.3. The van der Waals surface area contributed by atoms with E-state index in [1.807, 2.05) is 36.4 Å². The summed E-state index contributed by atoms with van der Waals surface area (Å²) in [4.78, 5) is 14.1. The Morgan fingerprint density at radius 2 is 2.00 bits per heavy atom. The van der Waals surface area contributed by atoms with Crippen LogP contribution in [0.3, 0.4) is 0 Å². The van der Waals surface area contributed by atoms with Gasteiger partial charge in [-0.2, -0.15) is 0 Å². The van der Waals surface area contributed by atoms with Crippen LogP contribution >= 0.6 is 0 Å². The predicted octanol–water partition coefficient (Wildman–Crippen LogP) is 2.23. The van der Waals surface area contributed by atoms with Crippen molar-refractivity contribution in [3.8, 4) is 0 Å². The van der Waals surface area contributed by atoms with Gasteiger partial charge in [-0.3, -0.25) is 9.89 Å². The molecule has 0 saturated heterocycles. The molecular formula is C15H14N4O. The zero-order chi connectivity index (χ0) is 13.9. The molecule has 20 heavy (non-hydrogen) atoms. The van der Waals surface area contributed by atoms with Gasteiger partial charge in [0, 0.05) is 19.2 Å². The second kappa shape index (κ2) is 5.13.